The van der Waals surface area contributed by atoms with Gasteiger partial charge in [0.25, 0.3) is 5.91 Å². The molecular formula is C21H29N5O3. The lowest BCUT2D eigenvalue weighted by atomic mass is 10.0. The zero-order valence-electron chi connectivity index (χ0n) is 17.4. The number of aryl methyl sites for hydroxylation is 1. The number of ether oxygens (including phenoxy) is 1. The predicted molar refractivity (Wildman–Crippen MR) is 112 cm³/mol. The van der Waals surface area contributed by atoms with Crippen molar-refractivity contribution in [1.82, 2.24) is 9.97 Å². The van der Waals surface area contributed by atoms with Gasteiger partial charge in [-0.05, 0) is 36.5 Å². The molecule has 0 saturated carbocycles. The van der Waals surface area contributed by atoms with Crippen molar-refractivity contribution in [3.63, 3.8) is 0 Å². The highest BCUT2D eigenvalue weighted by molar-refractivity contribution is 5.96. The first-order chi connectivity index (χ1) is 13.7. The van der Waals surface area contributed by atoms with E-state index in [9.17, 15) is 9.59 Å². The van der Waals surface area contributed by atoms with E-state index in [1.807, 2.05) is 38.1 Å². The summed E-state index contributed by atoms with van der Waals surface area (Å²) in [6, 6.07) is 7.54. The third-order valence-corrected chi connectivity index (χ3v) is 4.41. The maximum atomic E-state index is 12.0. The molecule has 0 fully saturated rings. The number of carbonyl (C=O) groups excluding carboxylic acids is 2. The number of rotatable bonds is 9. The van der Waals surface area contributed by atoms with Crippen LogP contribution in [0.3, 0.4) is 0 Å². The van der Waals surface area contributed by atoms with Gasteiger partial charge >= 0.3 is 6.09 Å². The van der Waals surface area contributed by atoms with Crippen LogP contribution in [0.15, 0.2) is 24.3 Å². The fourth-order valence-electron chi connectivity index (χ4n) is 2.96. The first-order valence-electron chi connectivity index (χ1n) is 9.70. The van der Waals surface area contributed by atoms with Crippen LogP contribution in [0.5, 0.6) is 0 Å². The molecule has 0 aliphatic rings. The van der Waals surface area contributed by atoms with Crippen LogP contribution in [0.4, 0.5) is 16.3 Å². The molecule has 1 heterocycles. The zero-order chi connectivity index (χ0) is 21.6. The summed E-state index contributed by atoms with van der Waals surface area (Å²) in [5, 5.41) is 3.17. The topological polar surface area (TPSA) is 133 Å². The van der Waals surface area contributed by atoms with Crippen LogP contribution in [0.1, 0.15) is 61.1 Å². The molecule has 0 saturated heterocycles. The van der Waals surface area contributed by atoms with Crippen LogP contribution in [-0.4, -0.2) is 28.6 Å². The molecule has 2 aromatic rings. The van der Waals surface area contributed by atoms with Gasteiger partial charge in [-0.15, -0.1) is 0 Å². The summed E-state index contributed by atoms with van der Waals surface area (Å²) in [5.74, 6) is 0.0509. The Morgan fingerprint density at radius 1 is 1.14 bits per heavy atom. The van der Waals surface area contributed by atoms with Crippen LogP contribution in [0, 0.1) is 5.92 Å². The molecule has 1 atom stereocenters. The number of aromatic nitrogens is 2. The Morgan fingerprint density at radius 2 is 1.86 bits per heavy atom. The lowest BCUT2D eigenvalue weighted by Crippen LogP contribution is -2.20. The first kappa shape index (κ1) is 22.1. The average Bonchev–Trinajstić information content (AvgIpc) is 2.65. The summed E-state index contributed by atoms with van der Waals surface area (Å²) in [5.41, 5.74) is 14.0. The third kappa shape index (κ3) is 6.17. The van der Waals surface area contributed by atoms with Gasteiger partial charge in [-0.25, -0.2) is 14.8 Å². The van der Waals surface area contributed by atoms with E-state index in [0.717, 1.165) is 29.1 Å². The fraction of sp³-hybridized carbons (Fsp3) is 0.429. The predicted octanol–water partition coefficient (Wildman–Crippen LogP) is 3.28. The molecule has 156 valence electrons. The summed E-state index contributed by atoms with van der Waals surface area (Å²) in [6.07, 6.45) is 0.620. The van der Waals surface area contributed by atoms with E-state index in [2.05, 4.69) is 29.1 Å². The quantitative estimate of drug-likeness (QED) is 0.592. The van der Waals surface area contributed by atoms with Crippen molar-refractivity contribution in [3.8, 4) is 0 Å². The standard InChI is InChI=1S/C21H29N5O3/c1-5-16-17(9-12(2)3)26-20(18(25-16)19(22)27)24-15-8-6-7-14(10-15)13(4)11-29-21(23)28/h6-8,10,12-13H,5,9,11H2,1-4H3,(H2,22,27)(H2,23,28)(H,24,26)/t13-/m0/s1. The molecule has 0 bridgehead atoms. The molecule has 1 aromatic carbocycles. The number of nitrogens with two attached hydrogens (primary N) is 2. The average molecular weight is 399 g/mol. The molecule has 1 aromatic heterocycles. The van der Waals surface area contributed by atoms with Gasteiger partial charge in [-0.2, -0.15) is 0 Å². The van der Waals surface area contributed by atoms with Crippen molar-refractivity contribution in [3.05, 3.63) is 46.9 Å². The molecule has 0 spiro atoms. The van der Waals surface area contributed by atoms with E-state index in [-0.39, 0.29) is 18.2 Å². The van der Waals surface area contributed by atoms with Crippen molar-refractivity contribution in [2.75, 3.05) is 11.9 Å². The van der Waals surface area contributed by atoms with Gasteiger partial charge in [0.15, 0.2) is 11.5 Å². The second-order valence-corrected chi connectivity index (χ2v) is 7.41. The molecule has 29 heavy (non-hydrogen) atoms. The van der Waals surface area contributed by atoms with Crippen LogP contribution in [0.25, 0.3) is 0 Å². The molecular weight excluding hydrogens is 370 g/mol. The third-order valence-electron chi connectivity index (χ3n) is 4.41. The number of nitrogens with one attached hydrogen (secondary N) is 1. The monoisotopic (exact) mass is 399 g/mol. The highest BCUT2D eigenvalue weighted by Crippen LogP contribution is 2.24. The molecule has 0 unspecified atom stereocenters. The summed E-state index contributed by atoms with van der Waals surface area (Å²) >= 11 is 0. The summed E-state index contributed by atoms with van der Waals surface area (Å²) in [7, 11) is 0. The highest BCUT2D eigenvalue weighted by Gasteiger charge is 2.18. The van der Waals surface area contributed by atoms with Gasteiger partial charge in [-0.3, -0.25) is 4.79 Å². The maximum Gasteiger partial charge on any atom is 0.404 e. The Morgan fingerprint density at radius 3 is 2.45 bits per heavy atom. The van der Waals surface area contributed by atoms with Crippen molar-refractivity contribution < 1.29 is 14.3 Å². The lowest BCUT2D eigenvalue weighted by molar-refractivity contribution is 0.0995. The SMILES string of the molecule is CCc1nc(C(N)=O)c(Nc2cccc([C@@H](C)COC(N)=O)c2)nc1CC(C)C. The molecule has 5 N–H and O–H groups in total. The van der Waals surface area contributed by atoms with Crippen molar-refractivity contribution in [2.45, 2.75) is 46.5 Å². The summed E-state index contributed by atoms with van der Waals surface area (Å²) in [4.78, 5) is 31.9. The molecule has 0 aliphatic heterocycles. The number of benzene rings is 1. The number of primary amides is 2. The van der Waals surface area contributed by atoms with Crippen molar-refractivity contribution in [2.24, 2.45) is 17.4 Å². The van der Waals surface area contributed by atoms with Gasteiger partial charge in [0.05, 0.1) is 18.0 Å². The van der Waals surface area contributed by atoms with E-state index in [0.29, 0.717) is 18.2 Å². The first-order valence-corrected chi connectivity index (χ1v) is 9.70. The van der Waals surface area contributed by atoms with Crippen LogP contribution in [0.2, 0.25) is 0 Å². The minimum atomic E-state index is -0.804. The largest absolute Gasteiger partial charge is 0.449 e. The number of anilines is 2. The fourth-order valence-corrected chi connectivity index (χ4v) is 2.96. The molecule has 0 radical (unpaired) electrons. The summed E-state index contributed by atoms with van der Waals surface area (Å²) in [6.45, 7) is 8.29. The highest BCUT2D eigenvalue weighted by atomic mass is 16.5. The normalized spacial score (nSPS) is 11.9. The Labute approximate surface area is 171 Å². The molecule has 8 nitrogen and oxygen atoms in total. The van der Waals surface area contributed by atoms with Gasteiger partial charge in [0.1, 0.15) is 0 Å². The Bertz CT molecular complexity index is 883. The minimum Gasteiger partial charge on any atom is -0.449 e. The van der Waals surface area contributed by atoms with Gasteiger partial charge < -0.3 is 21.5 Å². The molecule has 2 rings (SSSR count). The van der Waals surface area contributed by atoms with Gasteiger partial charge in [-0.1, -0.05) is 39.8 Å². The van der Waals surface area contributed by atoms with Gasteiger partial charge in [0.2, 0.25) is 0 Å². The van der Waals surface area contributed by atoms with E-state index in [1.54, 1.807) is 0 Å². The smallest absolute Gasteiger partial charge is 0.404 e. The molecule has 8 heteroatoms. The lowest BCUT2D eigenvalue weighted by Gasteiger charge is -2.16. The Balaban J connectivity index is 2.36. The number of hydrogen-bond donors (Lipinski definition) is 3. The second-order valence-electron chi connectivity index (χ2n) is 7.41. The summed E-state index contributed by atoms with van der Waals surface area (Å²) < 4.78 is 4.88. The van der Waals surface area contributed by atoms with E-state index in [4.69, 9.17) is 16.2 Å². The van der Waals surface area contributed by atoms with Gasteiger partial charge in [0, 0.05) is 11.6 Å². The van der Waals surface area contributed by atoms with E-state index < -0.39 is 12.0 Å². The van der Waals surface area contributed by atoms with Crippen LogP contribution < -0.4 is 16.8 Å². The molecule has 2 amide bonds. The molecule has 0 aliphatic carbocycles. The number of nitrogens with zero attached hydrogens (tertiary/aromatic N) is 2. The Kier molecular flexibility index (Phi) is 7.52. The second kappa shape index (κ2) is 9.86. The van der Waals surface area contributed by atoms with Crippen molar-refractivity contribution >= 4 is 23.5 Å². The van der Waals surface area contributed by atoms with Crippen molar-refractivity contribution in [1.29, 1.82) is 0 Å². The van der Waals surface area contributed by atoms with E-state index >= 15 is 0 Å². The number of hydrogen-bond acceptors (Lipinski definition) is 6. The minimum absolute atomic E-state index is 0.0510. The zero-order valence-corrected chi connectivity index (χ0v) is 17.4. The number of carbonyl (C=O) groups is 2. The Hall–Kier alpha value is -3.16. The number of amides is 2. The van der Waals surface area contributed by atoms with Crippen LogP contribution in [-0.2, 0) is 17.6 Å². The van der Waals surface area contributed by atoms with Crippen LogP contribution >= 0.6 is 0 Å². The maximum absolute atomic E-state index is 12.0. The van der Waals surface area contributed by atoms with E-state index in [1.165, 1.54) is 0 Å².